The van der Waals surface area contributed by atoms with Gasteiger partial charge in [-0.1, -0.05) is 0 Å². The minimum absolute atomic E-state index is 0.251. The van der Waals surface area contributed by atoms with Crippen molar-refractivity contribution in [1.29, 1.82) is 0 Å². The van der Waals surface area contributed by atoms with E-state index in [9.17, 15) is 8.42 Å². The average Bonchev–Trinajstić information content (AvgIpc) is 2.96. The van der Waals surface area contributed by atoms with Crippen molar-refractivity contribution >= 4 is 27.3 Å². The number of ether oxygens (including phenoxy) is 1. The molecule has 0 aromatic carbocycles. The van der Waals surface area contributed by atoms with Gasteiger partial charge in [-0.15, -0.1) is 11.3 Å². The van der Waals surface area contributed by atoms with Crippen molar-refractivity contribution in [2.24, 2.45) is 10.7 Å². The lowest BCUT2D eigenvalue weighted by Crippen LogP contribution is -2.39. The summed E-state index contributed by atoms with van der Waals surface area (Å²) in [6.45, 7) is 9.53. The number of guanidine groups is 1. The van der Waals surface area contributed by atoms with E-state index in [0.29, 0.717) is 23.9 Å². The van der Waals surface area contributed by atoms with Crippen molar-refractivity contribution in [2.45, 2.75) is 25.2 Å². The van der Waals surface area contributed by atoms with Gasteiger partial charge in [-0.25, -0.2) is 13.1 Å². The SMILES string of the molecule is Cc1cc(S(=O)(=O)NCCNC(N)=NCCCN2CCOCC2)c(C)s1. The maximum Gasteiger partial charge on any atom is 0.241 e. The summed E-state index contributed by atoms with van der Waals surface area (Å²) in [5.41, 5.74) is 5.81. The molecule has 148 valence electrons. The van der Waals surface area contributed by atoms with Crippen LogP contribution in [-0.2, 0) is 14.8 Å². The van der Waals surface area contributed by atoms with Gasteiger partial charge in [0.15, 0.2) is 5.96 Å². The van der Waals surface area contributed by atoms with Gasteiger partial charge in [0.25, 0.3) is 0 Å². The number of aryl methyl sites for hydroxylation is 2. The van der Waals surface area contributed by atoms with E-state index in [1.165, 1.54) is 11.3 Å². The van der Waals surface area contributed by atoms with Gasteiger partial charge in [0.2, 0.25) is 10.0 Å². The molecule has 1 aliphatic heterocycles. The molecule has 0 atom stereocenters. The lowest BCUT2D eigenvalue weighted by atomic mass is 10.3. The number of hydrogen-bond acceptors (Lipinski definition) is 6. The Morgan fingerprint density at radius 3 is 2.73 bits per heavy atom. The first-order valence-electron chi connectivity index (χ1n) is 8.79. The average molecular weight is 404 g/mol. The minimum atomic E-state index is -3.48. The predicted molar refractivity (Wildman–Crippen MR) is 105 cm³/mol. The molecule has 4 N–H and O–H groups in total. The molecule has 0 saturated carbocycles. The molecule has 10 heteroatoms. The third kappa shape index (κ3) is 6.84. The topological polar surface area (TPSA) is 109 Å². The number of aliphatic imine (C=N–C) groups is 1. The number of morpholine rings is 1. The monoisotopic (exact) mass is 403 g/mol. The van der Waals surface area contributed by atoms with Crippen LogP contribution in [-0.4, -0.2) is 71.8 Å². The highest BCUT2D eigenvalue weighted by atomic mass is 32.2. The number of thiophene rings is 1. The quantitative estimate of drug-likeness (QED) is 0.310. The number of nitrogens with two attached hydrogens (primary N) is 1. The minimum Gasteiger partial charge on any atom is -0.379 e. The van der Waals surface area contributed by atoms with Gasteiger partial charge in [0.05, 0.1) is 18.1 Å². The van der Waals surface area contributed by atoms with E-state index in [1.54, 1.807) is 6.07 Å². The van der Waals surface area contributed by atoms with Gasteiger partial charge in [-0.3, -0.25) is 9.89 Å². The summed E-state index contributed by atoms with van der Waals surface area (Å²) in [5, 5.41) is 2.93. The second kappa shape index (κ2) is 10.2. The summed E-state index contributed by atoms with van der Waals surface area (Å²) in [6, 6.07) is 1.69. The number of nitrogens with one attached hydrogen (secondary N) is 2. The van der Waals surface area contributed by atoms with Crippen molar-refractivity contribution in [3.8, 4) is 0 Å². The fourth-order valence-electron chi connectivity index (χ4n) is 2.70. The summed E-state index contributed by atoms with van der Waals surface area (Å²) in [6.07, 6.45) is 0.936. The highest BCUT2D eigenvalue weighted by Gasteiger charge is 2.18. The van der Waals surface area contributed by atoms with Crippen LogP contribution in [0.2, 0.25) is 0 Å². The predicted octanol–water partition coefficient (Wildman–Crippen LogP) is 0.270. The first-order valence-corrected chi connectivity index (χ1v) is 11.1. The summed E-state index contributed by atoms with van der Waals surface area (Å²) < 4.78 is 32.4. The first-order chi connectivity index (χ1) is 12.4. The summed E-state index contributed by atoms with van der Waals surface area (Å²) in [7, 11) is -3.48. The molecule has 0 spiro atoms. The molecule has 1 aliphatic rings. The molecular formula is C16H29N5O3S2. The molecule has 1 aromatic rings. The smallest absolute Gasteiger partial charge is 0.241 e. The Hall–Kier alpha value is -1.20. The van der Waals surface area contributed by atoms with Crippen molar-refractivity contribution in [1.82, 2.24) is 14.9 Å². The molecule has 1 aromatic heterocycles. The van der Waals surface area contributed by atoms with Crippen LogP contribution >= 0.6 is 11.3 Å². The van der Waals surface area contributed by atoms with Crippen LogP contribution in [0, 0.1) is 13.8 Å². The van der Waals surface area contributed by atoms with Crippen molar-refractivity contribution in [2.75, 3.05) is 52.5 Å². The number of sulfonamides is 1. The number of rotatable bonds is 9. The van der Waals surface area contributed by atoms with E-state index in [0.717, 1.165) is 49.0 Å². The van der Waals surface area contributed by atoms with Gasteiger partial charge < -0.3 is 15.8 Å². The largest absolute Gasteiger partial charge is 0.379 e. The fourth-order valence-corrected chi connectivity index (χ4v) is 5.29. The molecule has 0 unspecified atom stereocenters. The zero-order valence-corrected chi connectivity index (χ0v) is 17.1. The molecular weight excluding hydrogens is 374 g/mol. The van der Waals surface area contributed by atoms with Crippen molar-refractivity contribution < 1.29 is 13.2 Å². The first kappa shape index (κ1) is 21.1. The molecule has 0 bridgehead atoms. The summed E-state index contributed by atoms with van der Waals surface area (Å²) in [4.78, 5) is 8.75. The molecule has 0 aliphatic carbocycles. The van der Waals surface area contributed by atoms with E-state index in [4.69, 9.17) is 10.5 Å². The zero-order chi connectivity index (χ0) is 19.0. The highest BCUT2D eigenvalue weighted by Crippen LogP contribution is 2.24. The lowest BCUT2D eigenvalue weighted by Gasteiger charge is -2.26. The van der Waals surface area contributed by atoms with Gasteiger partial charge >= 0.3 is 0 Å². The molecule has 26 heavy (non-hydrogen) atoms. The molecule has 0 amide bonds. The number of hydrogen-bond donors (Lipinski definition) is 3. The van der Waals surface area contributed by atoms with Crippen LogP contribution < -0.4 is 15.8 Å². The van der Waals surface area contributed by atoms with Crippen LogP contribution in [0.4, 0.5) is 0 Å². The van der Waals surface area contributed by atoms with Gasteiger partial charge in [-0.2, -0.15) is 0 Å². The normalized spacial score (nSPS) is 16.8. The van der Waals surface area contributed by atoms with E-state index >= 15 is 0 Å². The van der Waals surface area contributed by atoms with Crippen LogP contribution in [0.5, 0.6) is 0 Å². The van der Waals surface area contributed by atoms with Crippen molar-refractivity contribution in [3.05, 3.63) is 15.8 Å². The maximum atomic E-state index is 12.3. The number of nitrogens with zero attached hydrogens (tertiary/aromatic N) is 2. The van der Waals surface area contributed by atoms with Crippen LogP contribution in [0.3, 0.4) is 0 Å². The van der Waals surface area contributed by atoms with Crippen LogP contribution in [0.1, 0.15) is 16.2 Å². The van der Waals surface area contributed by atoms with E-state index in [1.807, 2.05) is 13.8 Å². The van der Waals surface area contributed by atoms with Crippen molar-refractivity contribution in [3.63, 3.8) is 0 Å². The Kier molecular flexibility index (Phi) is 8.29. The molecule has 1 saturated heterocycles. The second-order valence-corrected chi connectivity index (χ2v) is 9.37. The molecule has 2 rings (SSSR count). The molecule has 2 heterocycles. The third-order valence-corrected chi connectivity index (χ3v) is 6.71. The Morgan fingerprint density at radius 1 is 1.35 bits per heavy atom. The molecule has 8 nitrogen and oxygen atoms in total. The lowest BCUT2D eigenvalue weighted by molar-refractivity contribution is 0.0377. The highest BCUT2D eigenvalue weighted by molar-refractivity contribution is 7.89. The van der Waals surface area contributed by atoms with E-state index in [2.05, 4.69) is 19.9 Å². The van der Waals surface area contributed by atoms with Crippen LogP contribution in [0.25, 0.3) is 0 Å². The van der Waals surface area contributed by atoms with Gasteiger partial charge in [0, 0.05) is 49.0 Å². The molecule has 1 fully saturated rings. The standard InChI is InChI=1S/C16H29N5O3S2/c1-13-12-15(14(2)25-13)26(22,23)20-6-5-19-16(17)18-4-3-7-21-8-10-24-11-9-21/h12,20H,3-11H2,1-2H3,(H3,17,18,19). The maximum absolute atomic E-state index is 12.3. The van der Waals surface area contributed by atoms with Crippen LogP contribution in [0.15, 0.2) is 16.0 Å². The van der Waals surface area contributed by atoms with Gasteiger partial charge in [-0.05, 0) is 26.3 Å². The second-order valence-electron chi connectivity index (χ2n) is 6.18. The third-order valence-electron chi connectivity index (χ3n) is 4.03. The fraction of sp³-hybridized carbons (Fsp3) is 0.688. The Bertz CT molecular complexity index is 697. The zero-order valence-electron chi connectivity index (χ0n) is 15.5. The Labute approximate surface area is 159 Å². The Morgan fingerprint density at radius 2 is 2.08 bits per heavy atom. The molecule has 0 radical (unpaired) electrons. The van der Waals surface area contributed by atoms with Gasteiger partial charge in [0.1, 0.15) is 0 Å². The van der Waals surface area contributed by atoms with E-state index in [-0.39, 0.29) is 6.54 Å². The Balaban J connectivity index is 1.63. The van der Waals surface area contributed by atoms with E-state index < -0.39 is 10.0 Å². The summed E-state index contributed by atoms with van der Waals surface area (Å²) >= 11 is 1.48. The summed E-state index contributed by atoms with van der Waals surface area (Å²) in [5.74, 6) is 0.341.